The molecule has 2 aromatic carbocycles. The van der Waals surface area contributed by atoms with Gasteiger partial charge in [-0.15, -0.1) is 0 Å². The van der Waals surface area contributed by atoms with Crippen LogP contribution in [0.15, 0.2) is 36.4 Å². The van der Waals surface area contributed by atoms with Crippen molar-refractivity contribution in [3.8, 4) is 0 Å². The first-order valence-electron chi connectivity index (χ1n) is 12.7. The van der Waals surface area contributed by atoms with E-state index in [4.69, 9.17) is 48.9 Å². The van der Waals surface area contributed by atoms with Crippen molar-refractivity contribution >= 4 is 52.7 Å². The molecule has 0 fully saturated rings. The van der Waals surface area contributed by atoms with Crippen LogP contribution in [0.4, 0.5) is 21.0 Å². The topological polar surface area (TPSA) is 137 Å². The summed E-state index contributed by atoms with van der Waals surface area (Å²) >= 11 is 12.4. The molecule has 0 aliphatic heterocycles. The second-order valence-corrected chi connectivity index (χ2v) is 11.9. The summed E-state index contributed by atoms with van der Waals surface area (Å²) in [5, 5.41) is 0.716. The lowest BCUT2D eigenvalue weighted by Gasteiger charge is -2.39. The van der Waals surface area contributed by atoms with Gasteiger partial charge >= 0.3 is 18.2 Å². The minimum atomic E-state index is -1.65. The van der Waals surface area contributed by atoms with E-state index < -0.39 is 35.5 Å². The Kier molecular flexibility index (Phi) is 10.9. The average molecular weight is 598 g/mol. The number of halogens is 2. The minimum Gasteiger partial charge on any atom is -0.463 e. The summed E-state index contributed by atoms with van der Waals surface area (Å²) in [7, 11) is 0. The van der Waals surface area contributed by atoms with Crippen LogP contribution in [0.5, 0.6) is 0 Å². The molecule has 2 rings (SSSR count). The lowest BCUT2D eigenvalue weighted by molar-refractivity contribution is -0.157. The van der Waals surface area contributed by atoms with Gasteiger partial charge in [0.05, 0.1) is 19.7 Å². The van der Waals surface area contributed by atoms with Crippen LogP contribution < -0.4 is 11.5 Å². The van der Waals surface area contributed by atoms with Crippen LogP contribution in [-0.2, 0) is 32.1 Å². The van der Waals surface area contributed by atoms with E-state index >= 15 is 0 Å². The van der Waals surface area contributed by atoms with Crippen molar-refractivity contribution in [3.63, 3.8) is 0 Å². The van der Waals surface area contributed by atoms with Gasteiger partial charge in [-0.3, -0.25) is 9.80 Å². The predicted octanol–water partition coefficient (Wildman–Crippen LogP) is 6.22. The van der Waals surface area contributed by atoms with Gasteiger partial charge in [0.1, 0.15) is 11.2 Å². The van der Waals surface area contributed by atoms with Crippen LogP contribution in [0.25, 0.3) is 0 Å². The molecule has 0 aliphatic rings. The molecule has 10 nitrogen and oxygen atoms in total. The van der Waals surface area contributed by atoms with E-state index in [0.29, 0.717) is 32.5 Å². The summed E-state index contributed by atoms with van der Waals surface area (Å²) in [5.74, 6) is -0.902. The van der Waals surface area contributed by atoms with Crippen LogP contribution in [0.3, 0.4) is 0 Å². The monoisotopic (exact) mass is 596 g/mol. The molecule has 220 valence electrons. The highest BCUT2D eigenvalue weighted by molar-refractivity contribution is 6.31. The molecule has 4 N–H and O–H groups in total. The van der Waals surface area contributed by atoms with Crippen molar-refractivity contribution in [1.29, 1.82) is 0 Å². The number of amides is 2. The van der Waals surface area contributed by atoms with Crippen LogP contribution >= 0.6 is 23.2 Å². The van der Waals surface area contributed by atoms with Crippen molar-refractivity contribution in [2.45, 2.75) is 78.9 Å². The van der Waals surface area contributed by atoms with Crippen molar-refractivity contribution in [3.05, 3.63) is 57.6 Å². The second-order valence-electron chi connectivity index (χ2n) is 11.0. The number of esters is 1. The van der Waals surface area contributed by atoms with Gasteiger partial charge in [0, 0.05) is 21.4 Å². The van der Waals surface area contributed by atoms with Crippen LogP contribution in [0, 0.1) is 0 Å². The van der Waals surface area contributed by atoms with E-state index in [-0.39, 0.29) is 19.7 Å². The standard InChI is InChI=1S/C28H38Cl2N4O6/c1-8-38-24(35)23(33(25(36)39-27(2,3)4)15-17-13-19(29)9-11-21(17)31)34(26(37)40-28(5,6)7)16-18-14-20(30)10-12-22(18)32/h9-14,23H,8,15-16,31-32H2,1-7H3. The van der Waals surface area contributed by atoms with E-state index in [1.165, 1.54) is 0 Å². The summed E-state index contributed by atoms with van der Waals surface area (Å²) in [6.45, 7) is 11.1. The Bertz CT molecular complexity index is 1140. The number of benzene rings is 2. The number of hydrogen-bond acceptors (Lipinski definition) is 8. The molecule has 2 aromatic rings. The quantitative estimate of drug-likeness (QED) is 0.158. The molecule has 0 saturated carbocycles. The molecule has 2 amide bonds. The Hall–Kier alpha value is -3.37. The number of hydrogen-bond donors (Lipinski definition) is 2. The van der Waals surface area contributed by atoms with E-state index in [2.05, 4.69) is 0 Å². The zero-order valence-corrected chi connectivity index (χ0v) is 25.4. The average Bonchev–Trinajstić information content (AvgIpc) is 2.80. The molecule has 0 spiro atoms. The fraction of sp³-hybridized carbons (Fsp3) is 0.464. The van der Waals surface area contributed by atoms with E-state index in [1.807, 2.05) is 0 Å². The van der Waals surface area contributed by atoms with Crippen molar-refractivity contribution in [1.82, 2.24) is 9.80 Å². The van der Waals surface area contributed by atoms with Crippen molar-refractivity contribution in [2.24, 2.45) is 0 Å². The number of carbonyl (C=O) groups is 3. The number of nitrogens with zero attached hydrogens (tertiary/aromatic N) is 2. The Balaban J connectivity index is 2.78. The minimum absolute atomic E-state index is 0.0295. The Morgan fingerprint density at radius 3 is 1.48 bits per heavy atom. The van der Waals surface area contributed by atoms with Gasteiger partial charge in [0.2, 0.25) is 6.17 Å². The normalized spacial score (nSPS) is 11.7. The van der Waals surface area contributed by atoms with Crippen LogP contribution in [0.1, 0.15) is 59.6 Å². The highest BCUT2D eigenvalue weighted by Crippen LogP contribution is 2.28. The van der Waals surface area contributed by atoms with E-state index in [1.54, 1.807) is 84.9 Å². The number of nitrogens with two attached hydrogens (primary N) is 2. The highest BCUT2D eigenvalue weighted by Gasteiger charge is 2.42. The van der Waals surface area contributed by atoms with Crippen molar-refractivity contribution < 1.29 is 28.6 Å². The molecule has 0 aromatic heterocycles. The van der Waals surface area contributed by atoms with Gasteiger partial charge in [-0.1, -0.05) is 23.2 Å². The third-order valence-electron chi connectivity index (χ3n) is 5.24. The fourth-order valence-electron chi connectivity index (χ4n) is 3.57. The maximum absolute atomic E-state index is 13.7. The number of anilines is 2. The van der Waals surface area contributed by atoms with Gasteiger partial charge < -0.3 is 25.7 Å². The SMILES string of the molecule is CCOC(=O)C(N(Cc1cc(Cl)ccc1N)C(=O)OC(C)(C)C)N(Cc1cc(Cl)ccc1N)C(=O)OC(C)(C)C. The summed E-state index contributed by atoms with van der Waals surface area (Å²) in [6, 6.07) is 9.45. The molecular formula is C28H38Cl2N4O6. The second kappa shape index (κ2) is 13.3. The van der Waals surface area contributed by atoms with Crippen molar-refractivity contribution in [2.75, 3.05) is 18.1 Å². The summed E-state index contributed by atoms with van der Waals surface area (Å²) in [6.07, 6.45) is -3.46. The number of carbonyl (C=O) groups excluding carboxylic acids is 3. The van der Waals surface area contributed by atoms with E-state index in [0.717, 1.165) is 9.80 Å². The zero-order chi connectivity index (χ0) is 30.4. The first-order chi connectivity index (χ1) is 18.4. The Morgan fingerprint density at radius 1 is 0.775 bits per heavy atom. The third kappa shape index (κ3) is 9.67. The smallest absolute Gasteiger partial charge is 0.412 e. The zero-order valence-electron chi connectivity index (χ0n) is 23.9. The highest BCUT2D eigenvalue weighted by atomic mass is 35.5. The number of rotatable bonds is 8. The predicted molar refractivity (Wildman–Crippen MR) is 156 cm³/mol. The lowest BCUT2D eigenvalue weighted by Crippen LogP contribution is -2.58. The van der Waals surface area contributed by atoms with E-state index in [9.17, 15) is 14.4 Å². The summed E-state index contributed by atoms with van der Waals surface area (Å²) in [5.41, 5.74) is 11.9. The molecule has 0 bridgehead atoms. The van der Waals surface area contributed by atoms with Gasteiger partial charge in [-0.25, -0.2) is 14.4 Å². The first kappa shape index (κ1) is 32.8. The largest absolute Gasteiger partial charge is 0.463 e. The maximum atomic E-state index is 13.7. The molecule has 0 heterocycles. The van der Waals surface area contributed by atoms with Crippen LogP contribution in [0.2, 0.25) is 10.0 Å². The number of nitrogen functional groups attached to an aromatic ring is 2. The maximum Gasteiger partial charge on any atom is 0.412 e. The molecule has 0 aliphatic carbocycles. The van der Waals surface area contributed by atoms with Crippen LogP contribution in [-0.4, -0.2) is 51.9 Å². The molecular weight excluding hydrogens is 559 g/mol. The Morgan fingerprint density at radius 2 is 1.15 bits per heavy atom. The first-order valence-corrected chi connectivity index (χ1v) is 13.4. The van der Waals surface area contributed by atoms with Gasteiger partial charge in [0.15, 0.2) is 0 Å². The van der Waals surface area contributed by atoms with Gasteiger partial charge in [-0.05, 0) is 96.0 Å². The van der Waals surface area contributed by atoms with Gasteiger partial charge in [-0.2, -0.15) is 0 Å². The molecule has 0 saturated heterocycles. The molecule has 0 atom stereocenters. The third-order valence-corrected chi connectivity index (χ3v) is 5.71. The molecule has 0 radical (unpaired) electrons. The number of ether oxygens (including phenoxy) is 3. The Labute approximate surface area is 245 Å². The molecule has 0 unspecified atom stereocenters. The summed E-state index contributed by atoms with van der Waals surface area (Å²) in [4.78, 5) is 43.1. The van der Waals surface area contributed by atoms with Gasteiger partial charge in [0.25, 0.3) is 0 Å². The lowest BCUT2D eigenvalue weighted by atomic mass is 10.1. The fourth-order valence-corrected chi connectivity index (χ4v) is 3.96. The molecule has 12 heteroatoms. The summed E-state index contributed by atoms with van der Waals surface area (Å²) < 4.78 is 16.7. The molecule has 40 heavy (non-hydrogen) atoms.